The van der Waals surface area contributed by atoms with Crippen LogP contribution in [0.2, 0.25) is 0 Å². The molecule has 2 rings (SSSR count). The van der Waals surface area contributed by atoms with Gasteiger partial charge in [-0.05, 0) is 43.5 Å². The molecule has 1 aromatic rings. The van der Waals surface area contributed by atoms with Crippen molar-refractivity contribution in [2.24, 2.45) is 5.92 Å². The van der Waals surface area contributed by atoms with E-state index < -0.39 is 0 Å². The Morgan fingerprint density at radius 3 is 2.67 bits per heavy atom. The Labute approximate surface area is 129 Å². The van der Waals surface area contributed by atoms with E-state index in [9.17, 15) is 0 Å². The highest BCUT2D eigenvalue weighted by Gasteiger charge is 2.22. The third-order valence-corrected chi connectivity index (χ3v) is 4.40. The molecular weight excluding hydrogens is 260 g/mol. The molecule has 1 fully saturated rings. The molecule has 118 valence electrons. The van der Waals surface area contributed by atoms with E-state index in [4.69, 9.17) is 4.74 Å². The van der Waals surface area contributed by atoms with Crippen molar-refractivity contribution in [2.75, 3.05) is 38.3 Å². The van der Waals surface area contributed by atoms with Crippen LogP contribution in [0.15, 0.2) is 24.3 Å². The predicted molar refractivity (Wildman–Crippen MR) is 90.0 cm³/mol. The summed E-state index contributed by atoms with van der Waals surface area (Å²) in [6.07, 6.45) is 3.56. The Morgan fingerprint density at radius 2 is 2.05 bits per heavy atom. The number of rotatable bonds is 8. The molecule has 3 nitrogen and oxygen atoms in total. The second-order valence-corrected chi connectivity index (χ2v) is 6.06. The van der Waals surface area contributed by atoms with E-state index in [-0.39, 0.29) is 0 Å². The predicted octanol–water partition coefficient (Wildman–Crippen LogP) is 3.61. The minimum absolute atomic E-state index is 0.485. The van der Waals surface area contributed by atoms with Crippen molar-refractivity contribution in [3.05, 3.63) is 29.8 Å². The van der Waals surface area contributed by atoms with Crippen molar-refractivity contribution in [3.63, 3.8) is 0 Å². The molecule has 2 unspecified atom stereocenters. The van der Waals surface area contributed by atoms with Crippen LogP contribution in [0.25, 0.3) is 0 Å². The first kappa shape index (κ1) is 16.3. The minimum atomic E-state index is 0.485. The van der Waals surface area contributed by atoms with Crippen LogP contribution in [0.4, 0.5) is 5.69 Å². The maximum atomic E-state index is 5.28. The van der Waals surface area contributed by atoms with Crippen LogP contribution in [0.1, 0.15) is 44.7 Å². The van der Waals surface area contributed by atoms with E-state index in [2.05, 4.69) is 48.3 Å². The molecule has 0 radical (unpaired) electrons. The molecule has 1 N–H and O–H groups in total. The van der Waals surface area contributed by atoms with Gasteiger partial charge in [-0.2, -0.15) is 0 Å². The summed E-state index contributed by atoms with van der Waals surface area (Å²) in [5.41, 5.74) is 2.75. The zero-order valence-corrected chi connectivity index (χ0v) is 13.8. The van der Waals surface area contributed by atoms with Crippen LogP contribution in [-0.4, -0.2) is 33.4 Å². The number of ether oxygens (including phenoxy) is 1. The molecule has 0 spiro atoms. The van der Waals surface area contributed by atoms with Crippen molar-refractivity contribution < 1.29 is 4.74 Å². The molecule has 1 heterocycles. The lowest BCUT2D eigenvalue weighted by Crippen LogP contribution is -2.22. The van der Waals surface area contributed by atoms with Gasteiger partial charge in [0.1, 0.15) is 0 Å². The third-order valence-electron chi connectivity index (χ3n) is 4.40. The third kappa shape index (κ3) is 4.45. The first-order valence-electron chi connectivity index (χ1n) is 8.35. The first-order valence-corrected chi connectivity index (χ1v) is 8.35. The Morgan fingerprint density at radius 1 is 1.29 bits per heavy atom. The molecule has 0 aliphatic carbocycles. The number of methoxy groups -OCH3 is 1. The van der Waals surface area contributed by atoms with Gasteiger partial charge in [0, 0.05) is 37.8 Å². The van der Waals surface area contributed by atoms with Gasteiger partial charge in [-0.15, -0.1) is 0 Å². The highest BCUT2D eigenvalue weighted by molar-refractivity contribution is 5.49. The Kier molecular flexibility index (Phi) is 6.52. The van der Waals surface area contributed by atoms with E-state index in [0.717, 1.165) is 32.7 Å². The lowest BCUT2D eigenvalue weighted by molar-refractivity contribution is 0.161. The second-order valence-electron chi connectivity index (χ2n) is 6.06. The van der Waals surface area contributed by atoms with Gasteiger partial charge in [-0.25, -0.2) is 0 Å². The minimum Gasteiger partial charge on any atom is -0.384 e. The molecule has 0 aromatic heterocycles. The molecule has 3 heteroatoms. The van der Waals surface area contributed by atoms with Gasteiger partial charge in [0.05, 0.1) is 6.61 Å². The van der Waals surface area contributed by atoms with Crippen molar-refractivity contribution in [3.8, 4) is 0 Å². The Hall–Kier alpha value is -1.06. The summed E-state index contributed by atoms with van der Waals surface area (Å²) < 4.78 is 5.28. The van der Waals surface area contributed by atoms with E-state index in [0.29, 0.717) is 12.0 Å². The fraction of sp³-hybridized carbons (Fsp3) is 0.667. The first-order chi connectivity index (χ1) is 10.3. The Bertz CT molecular complexity index is 404. The topological polar surface area (TPSA) is 24.5 Å². The number of nitrogens with zero attached hydrogens (tertiary/aromatic N) is 1. The van der Waals surface area contributed by atoms with Crippen LogP contribution >= 0.6 is 0 Å². The van der Waals surface area contributed by atoms with E-state index in [1.165, 1.54) is 24.1 Å². The highest BCUT2D eigenvalue weighted by atomic mass is 16.5. The van der Waals surface area contributed by atoms with Gasteiger partial charge in [-0.3, -0.25) is 0 Å². The quantitative estimate of drug-likeness (QED) is 0.791. The molecule has 0 saturated carbocycles. The lowest BCUT2D eigenvalue weighted by atomic mass is 10.0. The van der Waals surface area contributed by atoms with Crippen LogP contribution in [-0.2, 0) is 4.74 Å². The maximum Gasteiger partial charge on any atom is 0.0508 e. The molecule has 0 bridgehead atoms. The van der Waals surface area contributed by atoms with Gasteiger partial charge in [0.2, 0.25) is 0 Å². The van der Waals surface area contributed by atoms with Crippen molar-refractivity contribution >= 4 is 5.69 Å². The van der Waals surface area contributed by atoms with Gasteiger partial charge in [0.15, 0.2) is 0 Å². The molecule has 21 heavy (non-hydrogen) atoms. The van der Waals surface area contributed by atoms with Gasteiger partial charge in [0.25, 0.3) is 0 Å². The summed E-state index contributed by atoms with van der Waals surface area (Å²) >= 11 is 0. The van der Waals surface area contributed by atoms with Crippen LogP contribution in [0.3, 0.4) is 0 Å². The van der Waals surface area contributed by atoms with E-state index in [1.54, 1.807) is 7.11 Å². The standard InChI is InChI=1S/C18H30N2O/c1-4-11-19-18(5-2)16-6-8-17(9-7-16)20-12-10-15(13-20)14-21-3/h6-9,15,18-19H,4-5,10-14H2,1-3H3. The van der Waals surface area contributed by atoms with Crippen LogP contribution in [0, 0.1) is 5.92 Å². The molecule has 1 aliphatic heterocycles. The Balaban J connectivity index is 1.95. The van der Waals surface area contributed by atoms with Crippen LogP contribution in [0.5, 0.6) is 0 Å². The highest BCUT2D eigenvalue weighted by Crippen LogP contribution is 2.26. The van der Waals surface area contributed by atoms with Gasteiger partial charge >= 0.3 is 0 Å². The number of nitrogens with one attached hydrogen (secondary N) is 1. The summed E-state index contributed by atoms with van der Waals surface area (Å²) in [6.45, 7) is 8.71. The summed E-state index contributed by atoms with van der Waals surface area (Å²) in [4.78, 5) is 2.48. The molecule has 1 aromatic carbocycles. The fourth-order valence-corrected chi connectivity index (χ4v) is 3.17. The maximum absolute atomic E-state index is 5.28. The summed E-state index contributed by atoms with van der Waals surface area (Å²) in [7, 11) is 1.80. The molecular formula is C18H30N2O. The summed E-state index contributed by atoms with van der Waals surface area (Å²) in [5, 5.41) is 3.62. The average Bonchev–Trinajstić information content (AvgIpc) is 2.98. The van der Waals surface area contributed by atoms with Crippen molar-refractivity contribution in [1.29, 1.82) is 0 Å². The molecule has 0 amide bonds. The number of benzene rings is 1. The molecule has 1 aliphatic rings. The molecule has 2 atom stereocenters. The lowest BCUT2D eigenvalue weighted by Gasteiger charge is -2.21. The van der Waals surface area contributed by atoms with Gasteiger partial charge < -0.3 is 15.0 Å². The zero-order valence-electron chi connectivity index (χ0n) is 13.8. The normalized spacial score (nSPS) is 20.0. The smallest absolute Gasteiger partial charge is 0.0508 e. The summed E-state index contributed by atoms with van der Waals surface area (Å²) in [6, 6.07) is 9.62. The number of hydrogen-bond acceptors (Lipinski definition) is 3. The SMILES string of the molecule is CCCNC(CC)c1ccc(N2CCC(COC)C2)cc1. The number of anilines is 1. The molecule has 1 saturated heterocycles. The van der Waals surface area contributed by atoms with Crippen molar-refractivity contribution in [1.82, 2.24) is 5.32 Å². The van der Waals surface area contributed by atoms with E-state index in [1.807, 2.05) is 0 Å². The second kappa shape index (κ2) is 8.40. The zero-order chi connectivity index (χ0) is 15.1. The number of hydrogen-bond donors (Lipinski definition) is 1. The van der Waals surface area contributed by atoms with E-state index >= 15 is 0 Å². The van der Waals surface area contributed by atoms with Crippen molar-refractivity contribution in [2.45, 2.75) is 39.2 Å². The summed E-state index contributed by atoms with van der Waals surface area (Å²) in [5.74, 6) is 0.685. The van der Waals surface area contributed by atoms with Crippen LogP contribution < -0.4 is 10.2 Å². The largest absolute Gasteiger partial charge is 0.384 e. The fourth-order valence-electron chi connectivity index (χ4n) is 3.17. The van der Waals surface area contributed by atoms with Gasteiger partial charge in [-0.1, -0.05) is 26.0 Å². The monoisotopic (exact) mass is 290 g/mol. The average molecular weight is 290 g/mol.